The number of nitrogens with zero attached hydrogens (tertiary/aromatic N) is 6. The van der Waals surface area contributed by atoms with E-state index in [-0.39, 0.29) is 11.6 Å². The molecule has 9 heteroatoms. The highest BCUT2D eigenvalue weighted by Gasteiger charge is 2.21. The Morgan fingerprint density at radius 2 is 1.97 bits per heavy atom. The standard InChI is InChI=1S/C25H28N8O/c1-16(2)32-24(34)21-15-28-25(29-19-5-4-18-14-26-8-6-17(18)12-19)30-23(21)33(32)20-7-9-27-22(13-20)31-10-3-11-31/h4-5,7,9,12-13,15-16,26H,3,6,8,10-11,14H2,1-2H3,(H,28,29,30). The maximum absolute atomic E-state index is 13.3. The van der Waals surface area contributed by atoms with E-state index < -0.39 is 0 Å². The second kappa shape index (κ2) is 8.25. The van der Waals surface area contributed by atoms with Gasteiger partial charge in [-0.15, -0.1) is 0 Å². The summed E-state index contributed by atoms with van der Waals surface area (Å²) in [6, 6.07) is 10.3. The zero-order chi connectivity index (χ0) is 23.2. The van der Waals surface area contributed by atoms with Gasteiger partial charge in [0.1, 0.15) is 11.2 Å². The van der Waals surface area contributed by atoms with Gasteiger partial charge in [-0.05, 0) is 62.6 Å². The quantitative estimate of drug-likeness (QED) is 0.477. The van der Waals surface area contributed by atoms with Gasteiger partial charge in [-0.3, -0.25) is 4.79 Å². The molecule has 5 heterocycles. The van der Waals surface area contributed by atoms with E-state index in [4.69, 9.17) is 4.98 Å². The van der Waals surface area contributed by atoms with Crippen LogP contribution in [0.1, 0.15) is 37.4 Å². The van der Waals surface area contributed by atoms with Gasteiger partial charge in [0.2, 0.25) is 5.95 Å². The van der Waals surface area contributed by atoms with Crippen LogP contribution in [0.4, 0.5) is 17.5 Å². The van der Waals surface area contributed by atoms with Gasteiger partial charge < -0.3 is 15.5 Å². The lowest BCUT2D eigenvalue weighted by molar-refractivity contribution is 0.475. The number of rotatable bonds is 5. The summed E-state index contributed by atoms with van der Waals surface area (Å²) in [6.45, 7) is 7.91. The van der Waals surface area contributed by atoms with Gasteiger partial charge in [0.05, 0.1) is 5.69 Å². The smallest absolute Gasteiger partial charge is 0.278 e. The van der Waals surface area contributed by atoms with Crippen LogP contribution in [0.25, 0.3) is 16.7 Å². The van der Waals surface area contributed by atoms with Crippen LogP contribution >= 0.6 is 0 Å². The molecule has 0 saturated carbocycles. The predicted octanol–water partition coefficient (Wildman–Crippen LogP) is 3.16. The van der Waals surface area contributed by atoms with Gasteiger partial charge in [-0.1, -0.05) is 6.07 Å². The van der Waals surface area contributed by atoms with Crippen molar-refractivity contribution in [1.29, 1.82) is 0 Å². The van der Waals surface area contributed by atoms with Crippen LogP contribution in [0.15, 0.2) is 47.5 Å². The molecule has 1 fully saturated rings. The van der Waals surface area contributed by atoms with Crippen molar-refractivity contribution >= 4 is 28.5 Å². The summed E-state index contributed by atoms with van der Waals surface area (Å²) in [6.07, 6.45) is 5.61. The Labute approximate surface area is 197 Å². The molecule has 0 unspecified atom stereocenters. The molecule has 2 aliphatic heterocycles. The zero-order valence-corrected chi connectivity index (χ0v) is 19.5. The van der Waals surface area contributed by atoms with Crippen LogP contribution in [-0.2, 0) is 13.0 Å². The molecule has 0 atom stereocenters. The van der Waals surface area contributed by atoms with E-state index in [1.54, 1.807) is 17.1 Å². The number of hydrogen-bond acceptors (Lipinski definition) is 7. The van der Waals surface area contributed by atoms with Crippen LogP contribution in [0.2, 0.25) is 0 Å². The third-order valence-electron chi connectivity index (χ3n) is 6.62. The summed E-state index contributed by atoms with van der Waals surface area (Å²) in [5.74, 6) is 1.39. The maximum atomic E-state index is 13.3. The summed E-state index contributed by atoms with van der Waals surface area (Å²) in [5.41, 5.74) is 4.96. The second-order valence-electron chi connectivity index (χ2n) is 9.23. The minimum Gasteiger partial charge on any atom is -0.356 e. The molecule has 4 aromatic rings. The van der Waals surface area contributed by atoms with E-state index in [1.807, 2.05) is 36.7 Å². The van der Waals surface area contributed by atoms with Crippen molar-refractivity contribution in [1.82, 2.24) is 29.6 Å². The number of nitrogens with one attached hydrogen (secondary N) is 2. The Kier molecular flexibility index (Phi) is 5.06. The first-order chi connectivity index (χ1) is 16.6. The van der Waals surface area contributed by atoms with Crippen molar-refractivity contribution in [3.05, 3.63) is 64.2 Å². The Bertz CT molecular complexity index is 1430. The molecule has 174 valence electrons. The van der Waals surface area contributed by atoms with Crippen LogP contribution in [-0.4, -0.2) is 43.9 Å². The van der Waals surface area contributed by atoms with Gasteiger partial charge in [0.15, 0.2) is 5.65 Å². The minimum absolute atomic E-state index is 0.0482. The highest BCUT2D eigenvalue weighted by atomic mass is 16.1. The van der Waals surface area contributed by atoms with Crippen molar-refractivity contribution < 1.29 is 0 Å². The van der Waals surface area contributed by atoms with Crippen LogP contribution < -0.4 is 21.1 Å². The molecule has 1 saturated heterocycles. The van der Waals surface area contributed by atoms with Gasteiger partial charge in [-0.25, -0.2) is 19.3 Å². The van der Waals surface area contributed by atoms with Crippen molar-refractivity contribution in [2.75, 3.05) is 29.9 Å². The normalized spacial score (nSPS) is 15.4. The Morgan fingerprint density at radius 3 is 2.76 bits per heavy atom. The largest absolute Gasteiger partial charge is 0.356 e. The lowest BCUT2D eigenvalue weighted by Crippen LogP contribution is -2.37. The van der Waals surface area contributed by atoms with Crippen molar-refractivity contribution in [3.8, 4) is 5.69 Å². The molecular formula is C25H28N8O. The summed E-state index contributed by atoms with van der Waals surface area (Å²) >= 11 is 0. The second-order valence-corrected chi connectivity index (χ2v) is 9.23. The first-order valence-corrected chi connectivity index (χ1v) is 11.9. The topological polar surface area (TPSA) is 92.9 Å². The molecule has 0 spiro atoms. The van der Waals surface area contributed by atoms with Crippen LogP contribution in [0.5, 0.6) is 0 Å². The van der Waals surface area contributed by atoms with Crippen molar-refractivity contribution in [3.63, 3.8) is 0 Å². The molecule has 0 bridgehead atoms. The van der Waals surface area contributed by atoms with Gasteiger partial charge in [0.25, 0.3) is 5.56 Å². The first kappa shape index (κ1) is 20.9. The third-order valence-corrected chi connectivity index (χ3v) is 6.62. The molecular weight excluding hydrogens is 428 g/mol. The molecule has 2 N–H and O–H groups in total. The summed E-state index contributed by atoms with van der Waals surface area (Å²) in [4.78, 5) is 29.3. The molecule has 6 rings (SSSR count). The van der Waals surface area contributed by atoms with Crippen LogP contribution in [0, 0.1) is 0 Å². The number of anilines is 3. The van der Waals surface area contributed by atoms with E-state index in [0.717, 1.165) is 49.8 Å². The van der Waals surface area contributed by atoms with E-state index in [0.29, 0.717) is 17.0 Å². The lowest BCUT2D eigenvalue weighted by Gasteiger charge is -2.32. The van der Waals surface area contributed by atoms with Gasteiger partial charge in [0, 0.05) is 49.8 Å². The SMILES string of the molecule is CC(C)n1c(=O)c2cnc(Nc3ccc4c(c3)CCNC4)nc2n1-c1ccnc(N2CCC2)c1. The van der Waals surface area contributed by atoms with Crippen molar-refractivity contribution in [2.24, 2.45) is 0 Å². The van der Waals surface area contributed by atoms with Gasteiger partial charge in [-0.2, -0.15) is 4.98 Å². The summed E-state index contributed by atoms with van der Waals surface area (Å²) in [7, 11) is 0. The number of pyridine rings is 1. The van der Waals surface area contributed by atoms with Crippen LogP contribution in [0.3, 0.4) is 0 Å². The molecule has 0 radical (unpaired) electrons. The minimum atomic E-state index is -0.0971. The average Bonchev–Trinajstić information content (AvgIpc) is 3.10. The number of benzene rings is 1. The molecule has 0 aliphatic carbocycles. The monoisotopic (exact) mass is 456 g/mol. The third kappa shape index (κ3) is 3.52. The first-order valence-electron chi connectivity index (χ1n) is 11.9. The number of aromatic nitrogens is 5. The zero-order valence-electron chi connectivity index (χ0n) is 19.5. The molecule has 1 aromatic carbocycles. The molecule has 2 aliphatic rings. The Hall–Kier alpha value is -3.72. The molecule has 9 nitrogen and oxygen atoms in total. The maximum Gasteiger partial charge on any atom is 0.278 e. The summed E-state index contributed by atoms with van der Waals surface area (Å²) < 4.78 is 3.64. The Morgan fingerprint density at radius 1 is 1.09 bits per heavy atom. The lowest BCUT2D eigenvalue weighted by atomic mass is 10.0. The number of fused-ring (bicyclic) bond motifs is 2. The fraction of sp³-hybridized carbons (Fsp3) is 0.360. The molecule has 3 aromatic heterocycles. The van der Waals surface area contributed by atoms with E-state index in [9.17, 15) is 4.79 Å². The highest BCUT2D eigenvalue weighted by molar-refractivity contribution is 5.77. The fourth-order valence-corrected chi connectivity index (χ4v) is 4.72. The Balaban J connectivity index is 1.44. The average molecular weight is 457 g/mol. The summed E-state index contributed by atoms with van der Waals surface area (Å²) in [5, 5.41) is 7.24. The van der Waals surface area contributed by atoms with E-state index in [1.165, 1.54) is 17.5 Å². The fourth-order valence-electron chi connectivity index (χ4n) is 4.72. The number of hydrogen-bond donors (Lipinski definition) is 2. The molecule has 34 heavy (non-hydrogen) atoms. The van der Waals surface area contributed by atoms with Crippen molar-refractivity contribution in [2.45, 2.75) is 39.3 Å². The predicted molar refractivity (Wildman–Crippen MR) is 133 cm³/mol. The van der Waals surface area contributed by atoms with E-state index in [2.05, 4.69) is 37.6 Å². The van der Waals surface area contributed by atoms with Gasteiger partial charge >= 0.3 is 0 Å². The molecule has 0 amide bonds. The highest BCUT2D eigenvalue weighted by Crippen LogP contribution is 2.25. The van der Waals surface area contributed by atoms with E-state index >= 15 is 0 Å².